The average molecular weight is 198 g/mol. The molecule has 0 radical (unpaired) electrons. The van der Waals surface area contributed by atoms with E-state index in [-0.39, 0.29) is 5.54 Å². The Labute approximate surface area is 89.2 Å². The quantitative estimate of drug-likeness (QED) is 0.664. The zero-order valence-electron chi connectivity index (χ0n) is 10.2. The van der Waals surface area contributed by atoms with Crippen LogP contribution in [0.1, 0.15) is 40.5 Å². The third kappa shape index (κ3) is 4.25. The van der Waals surface area contributed by atoms with Gasteiger partial charge in [-0.2, -0.15) is 0 Å². The first-order valence-electron chi connectivity index (χ1n) is 5.55. The molecule has 1 atom stereocenters. The second kappa shape index (κ2) is 6.20. The van der Waals surface area contributed by atoms with Crippen LogP contribution in [0.3, 0.4) is 0 Å². The predicted octanol–water partition coefficient (Wildman–Crippen LogP) is 2.40. The first-order chi connectivity index (χ1) is 6.47. The van der Waals surface area contributed by atoms with Gasteiger partial charge in [-0.3, -0.25) is 4.90 Å². The first kappa shape index (κ1) is 13.7. The summed E-state index contributed by atoms with van der Waals surface area (Å²) in [4.78, 5) is 2.43. The summed E-state index contributed by atoms with van der Waals surface area (Å²) in [7, 11) is 0. The van der Waals surface area contributed by atoms with E-state index in [9.17, 15) is 0 Å². The maximum Gasteiger partial charge on any atom is 0.0226 e. The molecule has 0 rings (SSSR count). The highest BCUT2D eigenvalue weighted by atomic mass is 15.2. The molecule has 0 aliphatic rings. The Morgan fingerprint density at radius 3 is 2.29 bits per heavy atom. The zero-order valence-corrected chi connectivity index (χ0v) is 10.2. The van der Waals surface area contributed by atoms with E-state index in [1.807, 2.05) is 6.08 Å². The van der Waals surface area contributed by atoms with Crippen LogP contribution in [0, 0.1) is 0 Å². The number of hydrogen-bond donors (Lipinski definition) is 1. The van der Waals surface area contributed by atoms with Gasteiger partial charge in [-0.1, -0.05) is 19.4 Å². The van der Waals surface area contributed by atoms with Crippen molar-refractivity contribution in [2.24, 2.45) is 5.73 Å². The number of nitrogens with two attached hydrogens (primary N) is 1. The predicted molar refractivity (Wildman–Crippen MR) is 64.4 cm³/mol. The summed E-state index contributed by atoms with van der Waals surface area (Å²) < 4.78 is 0. The van der Waals surface area contributed by atoms with E-state index in [2.05, 4.69) is 39.2 Å². The minimum Gasteiger partial charge on any atom is -0.329 e. The molecule has 0 saturated heterocycles. The van der Waals surface area contributed by atoms with Crippen molar-refractivity contribution in [3.05, 3.63) is 12.7 Å². The van der Waals surface area contributed by atoms with Gasteiger partial charge in [-0.15, -0.1) is 6.58 Å². The van der Waals surface area contributed by atoms with Crippen molar-refractivity contribution in [3.63, 3.8) is 0 Å². The van der Waals surface area contributed by atoms with E-state index in [4.69, 9.17) is 5.73 Å². The Hall–Kier alpha value is -0.340. The third-order valence-electron chi connectivity index (χ3n) is 2.52. The van der Waals surface area contributed by atoms with Crippen LogP contribution in [0.5, 0.6) is 0 Å². The van der Waals surface area contributed by atoms with Crippen molar-refractivity contribution in [3.8, 4) is 0 Å². The molecule has 0 bridgehead atoms. The van der Waals surface area contributed by atoms with Crippen molar-refractivity contribution >= 4 is 0 Å². The first-order valence-corrected chi connectivity index (χ1v) is 5.55. The Kier molecular flexibility index (Phi) is 6.05. The highest BCUT2D eigenvalue weighted by Gasteiger charge is 2.26. The summed E-state index contributed by atoms with van der Waals surface area (Å²) in [5, 5.41) is 0. The number of rotatable bonds is 6. The maximum absolute atomic E-state index is 5.81. The van der Waals surface area contributed by atoms with E-state index in [1.54, 1.807) is 0 Å². The van der Waals surface area contributed by atoms with Crippen LogP contribution < -0.4 is 5.73 Å². The lowest BCUT2D eigenvalue weighted by molar-refractivity contribution is 0.0947. The van der Waals surface area contributed by atoms with Crippen LogP contribution in [-0.4, -0.2) is 29.6 Å². The lowest BCUT2D eigenvalue weighted by Crippen LogP contribution is -2.51. The average Bonchev–Trinajstić information content (AvgIpc) is 2.09. The zero-order chi connectivity index (χ0) is 11.2. The highest BCUT2D eigenvalue weighted by Crippen LogP contribution is 2.19. The molecule has 0 aromatic carbocycles. The molecular weight excluding hydrogens is 172 g/mol. The SMILES string of the molecule is C=CCN(C(CN)CCC)C(C)(C)C. The molecule has 0 saturated carbocycles. The molecule has 0 aromatic rings. The van der Waals surface area contributed by atoms with Gasteiger partial charge in [0.25, 0.3) is 0 Å². The summed E-state index contributed by atoms with van der Waals surface area (Å²) in [6, 6.07) is 0.484. The van der Waals surface area contributed by atoms with Crippen molar-refractivity contribution in [1.82, 2.24) is 4.90 Å². The van der Waals surface area contributed by atoms with Gasteiger partial charge in [-0.05, 0) is 27.2 Å². The van der Waals surface area contributed by atoms with Crippen LogP contribution in [0.25, 0.3) is 0 Å². The molecular formula is C12H26N2. The molecule has 0 aromatic heterocycles. The Morgan fingerprint density at radius 1 is 1.43 bits per heavy atom. The van der Waals surface area contributed by atoms with Crippen molar-refractivity contribution in [1.29, 1.82) is 0 Å². The molecule has 0 spiro atoms. The molecule has 0 aliphatic heterocycles. The van der Waals surface area contributed by atoms with E-state index in [0.717, 1.165) is 13.1 Å². The lowest BCUT2D eigenvalue weighted by Gasteiger charge is -2.40. The maximum atomic E-state index is 5.81. The summed E-state index contributed by atoms with van der Waals surface area (Å²) in [5.41, 5.74) is 5.98. The van der Waals surface area contributed by atoms with Gasteiger partial charge in [0.2, 0.25) is 0 Å². The summed E-state index contributed by atoms with van der Waals surface area (Å²) in [5.74, 6) is 0. The van der Waals surface area contributed by atoms with E-state index < -0.39 is 0 Å². The highest BCUT2D eigenvalue weighted by molar-refractivity contribution is 4.88. The Morgan fingerprint density at radius 2 is 2.00 bits per heavy atom. The fraction of sp³-hybridized carbons (Fsp3) is 0.833. The largest absolute Gasteiger partial charge is 0.329 e. The van der Waals surface area contributed by atoms with Crippen LogP contribution >= 0.6 is 0 Å². The van der Waals surface area contributed by atoms with Gasteiger partial charge in [0.15, 0.2) is 0 Å². The van der Waals surface area contributed by atoms with Crippen LogP contribution in [0.4, 0.5) is 0 Å². The molecule has 2 nitrogen and oxygen atoms in total. The molecule has 0 aliphatic carbocycles. The van der Waals surface area contributed by atoms with Gasteiger partial charge >= 0.3 is 0 Å². The number of hydrogen-bond acceptors (Lipinski definition) is 2. The lowest BCUT2D eigenvalue weighted by atomic mass is 10.00. The normalized spacial score (nSPS) is 14.4. The molecule has 84 valence electrons. The molecule has 2 heteroatoms. The molecule has 0 fully saturated rings. The van der Waals surface area contributed by atoms with Crippen molar-refractivity contribution < 1.29 is 0 Å². The molecule has 0 heterocycles. The standard InChI is InChI=1S/C12H26N2/c1-6-8-11(10-13)14(9-7-2)12(3,4)5/h7,11H,2,6,8-10,13H2,1,3-5H3. The Balaban J connectivity index is 4.50. The summed E-state index contributed by atoms with van der Waals surface area (Å²) >= 11 is 0. The topological polar surface area (TPSA) is 29.3 Å². The second-order valence-corrected chi connectivity index (χ2v) is 4.79. The molecule has 1 unspecified atom stereocenters. The fourth-order valence-electron chi connectivity index (χ4n) is 1.84. The minimum atomic E-state index is 0.174. The van der Waals surface area contributed by atoms with Gasteiger partial charge in [0, 0.05) is 24.7 Å². The van der Waals surface area contributed by atoms with Crippen LogP contribution in [0.15, 0.2) is 12.7 Å². The van der Waals surface area contributed by atoms with Gasteiger partial charge in [-0.25, -0.2) is 0 Å². The van der Waals surface area contributed by atoms with Gasteiger partial charge in [0.05, 0.1) is 0 Å². The molecule has 2 N–H and O–H groups in total. The minimum absolute atomic E-state index is 0.174. The van der Waals surface area contributed by atoms with Crippen LogP contribution in [0.2, 0.25) is 0 Å². The van der Waals surface area contributed by atoms with Crippen molar-refractivity contribution in [2.45, 2.75) is 52.1 Å². The van der Waals surface area contributed by atoms with E-state index in [0.29, 0.717) is 6.04 Å². The summed E-state index contributed by atoms with van der Waals surface area (Å²) in [6.07, 6.45) is 4.32. The fourth-order valence-corrected chi connectivity index (χ4v) is 1.84. The van der Waals surface area contributed by atoms with E-state index in [1.165, 1.54) is 12.8 Å². The van der Waals surface area contributed by atoms with Gasteiger partial charge < -0.3 is 5.73 Å². The third-order valence-corrected chi connectivity index (χ3v) is 2.52. The molecule has 0 amide bonds. The molecule has 14 heavy (non-hydrogen) atoms. The van der Waals surface area contributed by atoms with Gasteiger partial charge in [0.1, 0.15) is 0 Å². The van der Waals surface area contributed by atoms with Crippen LogP contribution in [-0.2, 0) is 0 Å². The smallest absolute Gasteiger partial charge is 0.0226 e. The number of nitrogens with zero attached hydrogens (tertiary/aromatic N) is 1. The van der Waals surface area contributed by atoms with Crippen molar-refractivity contribution in [2.75, 3.05) is 13.1 Å². The second-order valence-electron chi connectivity index (χ2n) is 4.79. The summed E-state index contributed by atoms with van der Waals surface area (Å²) in [6.45, 7) is 14.4. The van der Waals surface area contributed by atoms with E-state index >= 15 is 0 Å². The Bertz CT molecular complexity index is 158. The monoisotopic (exact) mass is 198 g/mol.